The zero-order chi connectivity index (χ0) is 11.3. The van der Waals surface area contributed by atoms with Gasteiger partial charge in [0.15, 0.2) is 0 Å². The Balaban J connectivity index is 2.76. The molecule has 4 nitrogen and oxygen atoms in total. The molecule has 0 saturated carbocycles. The van der Waals surface area contributed by atoms with Crippen LogP contribution in [0.25, 0.3) is 0 Å². The van der Waals surface area contributed by atoms with E-state index in [2.05, 4.69) is 22.9 Å². The highest BCUT2D eigenvalue weighted by Gasteiger charge is 2.07. The van der Waals surface area contributed by atoms with E-state index in [9.17, 15) is 4.79 Å². The van der Waals surface area contributed by atoms with E-state index in [0.717, 1.165) is 5.69 Å². The maximum Gasteiger partial charge on any atom is 0.269 e. The molecule has 0 spiro atoms. The number of amides is 1. The summed E-state index contributed by atoms with van der Waals surface area (Å²) in [5.41, 5.74) is 1.39. The molecule has 1 amide bonds. The zero-order valence-corrected chi connectivity index (χ0v) is 9.79. The van der Waals surface area contributed by atoms with E-state index >= 15 is 0 Å². The molecule has 0 aromatic carbocycles. The first-order chi connectivity index (χ1) is 7.15. The Morgan fingerprint density at radius 1 is 1.60 bits per heavy atom. The third-order valence-electron chi connectivity index (χ3n) is 1.89. The van der Waals surface area contributed by atoms with E-state index in [0.29, 0.717) is 18.0 Å². The third kappa shape index (κ3) is 3.43. The minimum Gasteiger partial charge on any atom is -0.378 e. The summed E-state index contributed by atoms with van der Waals surface area (Å²) in [6.45, 7) is 0.551. The molecule has 0 bridgehead atoms. The average Bonchev–Trinajstić information content (AvgIpc) is 2.26. The second kappa shape index (κ2) is 5.60. The number of carbonyl (C=O) groups excluding carboxylic acids is 1. The van der Waals surface area contributed by atoms with Crippen molar-refractivity contribution < 1.29 is 4.79 Å². The Hall–Kier alpha value is -1.23. The molecule has 0 aliphatic rings. The van der Waals surface area contributed by atoms with Crippen LogP contribution in [-0.2, 0) is 0 Å². The fraction of sp³-hybridized carbons (Fsp3) is 0.400. The predicted molar refractivity (Wildman–Crippen MR) is 64.8 cm³/mol. The fourth-order valence-corrected chi connectivity index (χ4v) is 1.19. The molecule has 1 rings (SSSR count). The number of carbonyl (C=O) groups is 1. The van der Waals surface area contributed by atoms with Gasteiger partial charge in [0.05, 0.1) is 0 Å². The monoisotopic (exact) mass is 225 g/mol. The molecule has 0 radical (unpaired) electrons. The van der Waals surface area contributed by atoms with Crippen LogP contribution >= 0.6 is 12.6 Å². The summed E-state index contributed by atoms with van der Waals surface area (Å²) in [5, 5.41) is 2.72. The lowest BCUT2D eigenvalue weighted by Crippen LogP contribution is -2.26. The number of pyridine rings is 1. The van der Waals surface area contributed by atoms with Crippen LogP contribution in [0.3, 0.4) is 0 Å². The van der Waals surface area contributed by atoms with Crippen molar-refractivity contribution >= 4 is 24.2 Å². The molecule has 0 aliphatic heterocycles. The highest BCUT2D eigenvalue weighted by atomic mass is 32.1. The van der Waals surface area contributed by atoms with Gasteiger partial charge >= 0.3 is 0 Å². The van der Waals surface area contributed by atoms with Crippen molar-refractivity contribution in [3.63, 3.8) is 0 Å². The van der Waals surface area contributed by atoms with Crippen LogP contribution in [0.2, 0.25) is 0 Å². The van der Waals surface area contributed by atoms with Gasteiger partial charge in [-0.1, -0.05) is 0 Å². The Labute approximate surface area is 95.1 Å². The largest absolute Gasteiger partial charge is 0.378 e. The van der Waals surface area contributed by atoms with Gasteiger partial charge in [-0.15, -0.1) is 0 Å². The van der Waals surface area contributed by atoms with Crippen molar-refractivity contribution in [3.05, 3.63) is 24.0 Å². The second-order valence-electron chi connectivity index (χ2n) is 3.27. The molecule has 0 saturated heterocycles. The van der Waals surface area contributed by atoms with Crippen molar-refractivity contribution in [3.8, 4) is 0 Å². The molecule has 5 heteroatoms. The van der Waals surface area contributed by atoms with Crippen LogP contribution in [0.15, 0.2) is 18.3 Å². The number of hydrogen-bond acceptors (Lipinski definition) is 4. The minimum atomic E-state index is -0.159. The lowest BCUT2D eigenvalue weighted by Gasteiger charge is -2.12. The summed E-state index contributed by atoms with van der Waals surface area (Å²) < 4.78 is 0. The molecule has 0 fully saturated rings. The third-order valence-corrected chi connectivity index (χ3v) is 2.11. The summed E-state index contributed by atoms with van der Waals surface area (Å²) in [7, 11) is 3.84. The smallest absolute Gasteiger partial charge is 0.269 e. The Morgan fingerprint density at radius 3 is 2.93 bits per heavy atom. The Bertz CT molecular complexity index is 341. The Kier molecular flexibility index (Phi) is 4.42. The van der Waals surface area contributed by atoms with E-state index in [1.54, 1.807) is 12.3 Å². The van der Waals surface area contributed by atoms with Crippen molar-refractivity contribution in [1.82, 2.24) is 10.3 Å². The lowest BCUT2D eigenvalue weighted by molar-refractivity contribution is 0.0951. The molecule has 15 heavy (non-hydrogen) atoms. The number of anilines is 1. The van der Waals surface area contributed by atoms with Crippen LogP contribution < -0.4 is 10.2 Å². The number of hydrogen-bond donors (Lipinski definition) is 2. The normalized spacial score (nSPS) is 9.80. The van der Waals surface area contributed by atoms with Gasteiger partial charge in [0, 0.05) is 38.3 Å². The molecule has 0 aliphatic carbocycles. The topological polar surface area (TPSA) is 45.2 Å². The first-order valence-corrected chi connectivity index (χ1v) is 5.31. The predicted octanol–water partition coefficient (Wildman–Crippen LogP) is 0.807. The van der Waals surface area contributed by atoms with Gasteiger partial charge in [-0.25, -0.2) is 0 Å². The maximum absolute atomic E-state index is 11.6. The van der Waals surface area contributed by atoms with Gasteiger partial charge in [0.1, 0.15) is 5.69 Å². The van der Waals surface area contributed by atoms with Crippen molar-refractivity contribution in [2.75, 3.05) is 31.3 Å². The highest BCUT2D eigenvalue weighted by molar-refractivity contribution is 7.80. The minimum absolute atomic E-state index is 0.159. The van der Waals surface area contributed by atoms with E-state index in [-0.39, 0.29) is 5.91 Å². The van der Waals surface area contributed by atoms with Crippen LogP contribution in [0.1, 0.15) is 10.5 Å². The van der Waals surface area contributed by atoms with Crippen LogP contribution in [0.4, 0.5) is 5.69 Å². The van der Waals surface area contributed by atoms with E-state index in [1.165, 1.54) is 0 Å². The molecule has 1 heterocycles. The van der Waals surface area contributed by atoms with Gasteiger partial charge in [0.2, 0.25) is 0 Å². The van der Waals surface area contributed by atoms with Crippen molar-refractivity contribution in [1.29, 1.82) is 0 Å². The van der Waals surface area contributed by atoms with Crippen molar-refractivity contribution in [2.45, 2.75) is 0 Å². The molecule has 1 aromatic rings. The lowest BCUT2D eigenvalue weighted by atomic mass is 10.3. The van der Waals surface area contributed by atoms with Gasteiger partial charge in [-0.2, -0.15) is 12.6 Å². The highest BCUT2D eigenvalue weighted by Crippen LogP contribution is 2.10. The molecule has 1 aromatic heterocycles. The molecule has 0 unspecified atom stereocenters. The molecular weight excluding hydrogens is 210 g/mol. The number of nitrogens with one attached hydrogen (secondary N) is 1. The second-order valence-corrected chi connectivity index (χ2v) is 3.72. The summed E-state index contributed by atoms with van der Waals surface area (Å²) >= 11 is 4.02. The van der Waals surface area contributed by atoms with E-state index in [1.807, 2.05) is 25.1 Å². The summed E-state index contributed by atoms with van der Waals surface area (Å²) in [5.74, 6) is 0.465. The van der Waals surface area contributed by atoms with Crippen LogP contribution in [-0.4, -0.2) is 37.3 Å². The van der Waals surface area contributed by atoms with Crippen LogP contribution in [0.5, 0.6) is 0 Å². The number of nitrogens with zero attached hydrogens (tertiary/aromatic N) is 2. The SMILES string of the molecule is CN(C)c1ccnc(C(=O)NCCS)c1. The van der Waals surface area contributed by atoms with Gasteiger partial charge in [-0.3, -0.25) is 9.78 Å². The molecular formula is C10H15N3OS. The summed E-state index contributed by atoms with van der Waals surface area (Å²) in [4.78, 5) is 17.5. The number of aromatic nitrogens is 1. The van der Waals surface area contributed by atoms with Crippen molar-refractivity contribution in [2.24, 2.45) is 0 Å². The standard InChI is InChI=1S/C10H15N3OS/c1-13(2)8-3-4-11-9(7-8)10(14)12-5-6-15/h3-4,7,15H,5-6H2,1-2H3,(H,12,14). The molecule has 82 valence electrons. The van der Waals surface area contributed by atoms with Gasteiger partial charge in [0.25, 0.3) is 5.91 Å². The quantitative estimate of drug-likeness (QED) is 0.745. The van der Waals surface area contributed by atoms with Gasteiger partial charge in [-0.05, 0) is 12.1 Å². The zero-order valence-electron chi connectivity index (χ0n) is 8.90. The van der Waals surface area contributed by atoms with E-state index in [4.69, 9.17) is 0 Å². The van der Waals surface area contributed by atoms with E-state index < -0.39 is 0 Å². The summed E-state index contributed by atoms with van der Waals surface area (Å²) in [6, 6.07) is 3.61. The summed E-state index contributed by atoms with van der Waals surface area (Å²) in [6.07, 6.45) is 1.63. The Morgan fingerprint density at radius 2 is 2.33 bits per heavy atom. The molecule has 0 atom stereocenters. The first kappa shape index (κ1) is 11.8. The number of thiol groups is 1. The fourth-order valence-electron chi connectivity index (χ4n) is 1.08. The molecule has 1 N–H and O–H groups in total. The first-order valence-electron chi connectivity index (χ1n) is 4.67. The number of rotatable bonds is 4. The van der Waals surface area contributed by atoms with Gasteiger partial charge < -0.3 is 10.2 Å². The average molecular weight is 225 g/mol. The van der Waals surface area contributed by atoms with Crippen LogP contribution in [0, 0.1) is 0 Å². The maximum atomic E-state index is 11.6.